The molecular weight excluding hydrogens is 226 g/mol. The lowest BCUT2D eigenvalue weighted by atomic mass is 9.95. The summed E-state index contributed by atoms with van der Waals surface area (Å²) in [6, 6.07) is 8.37. The first-order chi connectivity index (χ1) is 8.58. The zero-order valence-corrected chi connectivity index (χ0v) is 11.7. The molecule has 0 fully saturated rings. The SMILES string of the molecule is CCOC(=O)NC(c1ccc(CC)cc1)C(C)C. The number of aryl methyl sites for hydroxylation is 1. The van der Waals surface area contributed by atoms with Gasteiger partial charge >= 0.3 is 6.09 Å². The molecule has 0 aliphatic heterocycles. The van der Waals surface area contributed by atoms with Crippen LogP contribution in [-0.4, -0.2) is 12.7 Å². The van der Waals surface area contributed by atoms with Crippen LogP contribution in [0, 0.1) is 5.92 Å². The second kappa shape index (κ2) is 7.04. The van der Waals surface area contributed by atoms with Crippen LogP contribution >= 0.6 is 0 Å². The normalized spacial score (nSPS) is 12.3. The van der Waals surface area contributed by atoms with Gasteiger partial charge in [0.15, 0.2) is 0 Å². The number of carbonyl (C=O) groups excluding carboxylic acids is 1. The minimum absolute atomic E-state index is 0.00467. The molecule has 0 aliphatic rings. The molecule has 1 unspecified atom stereocenters. The highest BCUT2D eigenvalue weighted by Gasteiger charge is 2.18. The van der Waals surface area contributed by atoms with Crippen molar-refractivity contribution in [3.63, 3.8) is 0 Å². The third-order valence-corrected chi connectivity index (χ3v) is 2.96. The van der Waals surface area contributed by atoms with Crippen LogP contribution in [0.3, 0.4) is 0 Å². The van der Waals surface area contributed by atoms with E-state index in [1.165, 1.54) is 5.56 Å². The highest BCUT2D eigenvalue weighted by Crippen LogP contribution is 2.22. The fourth-order valence-corrected chi connectivity index (χ4v) is 1.90. The number of alkyl carbamates (subject to hydrolysis) is 1. The number of nitrogens with one attached hydrogen (secondary N) is 1. The van der Waals surface area contributed by atoms with E-state index in [1.54, 1.807) is 6.92 Å². The maximum atomic E-state index is 11.5. The maximum Gasteiger partial charge on any atom is 0.407 e. The van der Waals surface area contributed by atoms with Gasteiger partial charge in [0.1, 0.15) is 0 Å². The zero-order chi connectivity index (χ0) is 13.5. The minimum atomic E-state index is -0.351. The van der Waals surface area contributed by atoms with Gasteiger partial charge in [-0.2, -0.15) is 0 Å². The van der Waals surface area contributed by atoms with E-state index in [0.29, 0.717) is 12.5 Å². The predicted octanol–water partition coefficient (Wildman–Crippen LogP) is 3.69. The van der Waals surface area contributed by atoms with Crippen molar-refractivity contribution in [2.24, 2.45) is 5.92 Å². The summed E-state index contributed by atoms with van der Waals surface area (Å²) in [5, 5.41) is 2.91. The molecule has 0 bridgehead atoms. The van der Waals surface area contributed by atoms with Crippen molar-refractivity contribution in [3.8, 4) is 0 Å². The number of ether oxygens (including phenoxy) is 1. The summed E-state index contributed by atoms with van der Waals surface area (Å²) in [5.41, 5.74) is 2.42. The van der Waals surface area contributed by atoms with Crippen molar-refractivity contribution in [2.45, 2.75) is 40.2 Å². The Hall–Kier alpha value is -1.51. The van der Waals surface area contributed by atoms with E-state index in [1.807, 2.05) is 0 Å². The lowest BCUT2D eigenvalue weighted by Gasteiger charge is -2.22. The Bertz CT molecular complexity index is 371. The highest BCUT2D eigenvalue weighted by molar-refractivity contribution is 5.67. The molecule has 18 heavy (non-hydrogen) atoms. The molecule has 1 atom stereocenters. The molecule has 3 heteroatoms. The Balaban J connectivity index is 2.80. The average molecular weight is 249 g/mol. The van der Waals surface area contributed by atoms with Crippen LogP contribution in [0.15, 0.2) is 24.3 Å². The maximum absolute atomic E-state index is 11.5. The van der Waals surface area contributed by atoms with Crippen LogP contribution < -0.4 is 5.32 Å². The molecule has 1 amide bonds. The zero-order valence-electron chi connectivity index (χ0n) is 11.7. The Morgan fingerprint density at radius 2 is 1.83 bits per heavy atom. The van der Waals surface area contributed by atoms with Crippen molar-refractivity contribution in [1.82, 2.24) is 5.32 Å². The second-order valence-corrected chi connectivity index (χ2v) is 4.68. The summed E-state index contributed by atoms with van der Waals surface area (Å²) in [5.74, 6) is 0.321. The molecule has 1 aromatic carbocycles. The van der Waals surface area contributed by atoms with Crippen LogP contribution in [0.1, 0.15) is 44.9 Å². The van der Waals surface area contributed by atoms with Crippen molar-refractivity contribution < 1.29 is 9.53 Å². The van der Waals surface area contributed by atoms with Gasteiger partial charge < -0.3 is 10.1 Å². The molecule has 0 aliphatic carbocycles. The first-order valence-corrected chi connectivity index (χ1v) is 6.60. The predicted molar refractivity (Wildman–Crippen MR) is 73.6 cm³/mol. The molecular formula is C15H23NO2. The molecule has 1 rings (SSSR count). The van der Waals surface area contributed by atoms with E-state index in [9.17, 15) is 4.79 Å². The number of amides is 1. The van der Waals surface area contributed by atoms with Gasteiger partial charge in [0, 0.05) is 0 Å². The molecule has 1 N–H and O–H groups in total. The molecule has 0 heterocycles. The molecule has 0 aromatic heterocycles. The second-order valence-electron chi connectivity index (χ2n) is 4.68. The van der Waals surface area contributed by atoms with Crippen LogP contribution in [0.25, 0.3) is 0 Å². The summed E-state index contributed by atoms with van der Waals surface area (Å²) in [4.78, 5) is 11.5. The number of hydrogen-bond donors (Lipinski definition) is 1. The lowest BCUT2D eigenvalue weighted by molar-refractivity contribution is 0.145. The first kappa shape index (κ1) is 14.6. The van der Waals surface area contributed by atoms with Crippen LogP contribution in [0.5, 0.6) is 0 Å². The summed E-state index contributed by atoms with van der Waals surface area (Å²) in [6.07, 6.45) is 0.675. The van der Waals surface area contributed by atoms with E-state index in [2.05, 4.69) is 50.4 Å². The quantitative estimate of drug-likeness (QED) is 0.864. The van der Waals surface area contributed by atoms with Gasteiger partial charge in [0.05, 0.1) is 12.6 Å². The third-order valence-electron chi connectivity index (χ3n) is 2.96. The van der Waals surface area contributed by atoms with Crippen LogP contribution in [0.4, 0.5) is 4.79 Å². The molecule has 100 valence electrons. The summed E-state index contributed by atoms with van der Waals surface area (Å²) in [6.45, 7) is 8.51. The van der Waals surface area contributed by atoms with Gasteiger partial charge in [0.25, 0.3) is 0 Å². The standard InChI is InChI=1S/C15H23NO2/c1-5-12-7-9-13(10-8-12)14(11(3)4)16-15(17)18-6-2/h7-11,14H,5-6H2,1-4H3,(H,16,17). The Morgan fingerprint density at radius 3 is 2.28 bits per heavy atom. The number of carbonyl (C=O) groups is 1. The van der Waals surface area contributed by atoms with Crippen LogP contribution in [-0.2, 0) is 11.2 Å². The van der Waals surface area contributed by atoms with E-state index in [0.717, 1.165) is 12.0 Å². The summed E-state index contributed by atoms with van der Waals surface area (Å²) < 4.78 is 4.94. The van der Waals surface area contributed by atoms with Gasteiger partial charge in [-0.25, -0.2) is 4.79 Å². The number of hydrogen-bond acceptors (Lipinski definition) is 2. The monoisotopic (exact) mass is 249 g/mol. The smallest absolute Gasteiger partial charge is 0.407 e. The van der Waals surface area contributed by atoms with Crippen molar-refractivity contribution >= 4 is 6.09 Å². The van der Waals surface area contributed by atoms with Gasteiger partial charge in [-0.15, -0.1) is 0 Å². The molecule has 1 aromatic rings. The average Bonchev–Trinajstić information content (AvgIpc) is 2.36. The van der Waals surface area contributed by atoms with Gasteiger partial charge in [-0.05, 0) is 30.4 Å². The number of benzene rings is 1. The highest BCUT2D eigenvalue weighted by atomic mass is 16.5. The summed E-state index contributed by atoms with van der Waals surface area (Å²) in [7, 11) is 0. The Labute approximate surface area is 110 Å². The van der Waals surface area contributed by atoms with Gasteiger partial charge in [-0.3, -0.25) is 0 Å². The fourth-order valence-electron chi connectivity index (χ4n) is 1.90. The lowest BCUT2D eigenvalue weighted by Crippen LogP contribution is -2.32. The van der Waals surface area contributed by atoms with E-state index in [4.69, 9.17) is 4.74 Å². The number of rotatable bonds is 5. The Morgan fingerprint density at radius 1 is 1.22 bits per heavy atom. The Kier molecular flexibility index (Phi) is 5.69. The van der Waals surface area contributed by atoms with E-state index < -0.39 is 0 Å². The molecule has 0 spiro atoms. The van der Waals surface area contributed by atoms with Gasteiger partial charge in [-0.1, -0.05) is 45.0 Å². The van der Waals surface area contributed by atoms with Crippen LogP contribution in [0.2, 0.25) is 0 Å². The van der Waals surface area contributed by atoms with Crippen molar-refractivity contribution in [3.05, 3.63) is 35.4 Å². The third kappa shape index (κ3) is 4.06. The fraction of sp³-hybridized carbons (Fsp3) is 0.533. The van der Waals surface area contributed by atoms with Crippen molar-refractivity contribution in [2.75, 3.05) is 6.61 Å². The van der Waals surface area contributed by atoms with Crippen molar-refractivity contribution in [1.29, 1.82) is 0 Å². The summed E-state index contributed by atoms with van der Waals surface area (Å²) >= 11 is 0. The van der Waals surface area contributed by atoms with E-state index >= 15 is 0 Å². The largest absolute Gasteiger partial charge is 0.450 e. The molecule has 0 radical (unpaired) electrons. The van der Waals surface area contributed by atoms with Gasteiger partial charge in [0.2, 0.25) is 0 Å². The molecule has 0 saturated heterocycles. The topological polar surface area (TPSA) is 38.3 Å². The molecule has 0 saturated carbocycles. The van der Waals surface area contributed by atoms with E-state index in [-0.39, 0.29) is 12.1 Å². The molecule has 3 nitrogen and oxygen atoms in total. The first-order valence-electron chi connectivity index (χ1n) is 6.60. The minimum Gasteiger partial charge on any atom is -0.450 e.